The van der Waals surface area contributed by atoms with Crippen molar-refractivity contribution in [3.05, 3.63) is 59.7 Å². The lowest BCUT2D eigenvalue weighted by atomic mass is 10.2. The molecule has 0 bridgehead atoms. The highest BCUT2D eigenvalue weighted by molar-refractivity contribution is 5.56. The summed E-state index contributed by atoms with van der Waals surface area (Å²) in [6.45, 7) is 0.0610. The van der Waals surface area contributed by atoms with Gasteiger partial charge in [-0.25, -0.2) is 18.1 Å². The van der Waals surface area contributed by atoms with Crippen LogP contribution in [0.25, 0.3) is 17.2 Å². The van der Waals surface area contributed by atoms with Crippen LogP contribution in [0.5, 0.6) is 5.88 Å². The SMILES string of the molecule is Cn1nnc(-c2ccc(C(F)F)cn2)c1COc1ccc(-n2cc(C#N)cn2)nn1. The highest BCUT2D eigenvalue weighted by Crippen LogP contribution is 2.23. The molecule has 0 atom stereocenters. The van der Waals surface area contributed by atoms with Crippen molar-refractivity contribution in [1.82, 2.24) is 40.0 Å². The molecule has 0 spiro atoms. The van der Waals surface area contributed by atoms with Crippen LogP contribution in [0, 0.1) is 11.3 Å². The maximum absolute atomic E-state index is 12.7. The van der Waals surface area contributed by atoms with Crippen LogP contribution in [0.1, 0.15) is 23.2 Å². The molecule has 0 aliphatic carbocycles. The molecule has 0 aliphatic heterocycles. The van der Waals surface area contributed by atoms with Gasteiger partial charge in [0.25, 0.3) is 6.43 Å². The molecule has 0 saturated heterocycles. The Morgan fingerprint density at radius 2 is 2.00 bits per heavy atom. The number of alkyl halides is 2. The monoisotopic (exact) mass is 409 g/mol. The predicted molar refractivity (Wildman–Crippen MR) is 97.4 cm³/mol. The van der Waals surface area contributed by atoms with E-state index in [9.17, 15) is 8.78 Å². The molecule has 4 rings (SSSR count). The van der Waals surface area contributed by atoms with Gasteiger partial charge < -0.3 is 4.74 Å². The van der Waals surface area contributed by atoms with E-state index in [0.29, 0.717) is 28.5 Å². The lowest BCUT2D eigenvalue weighted by Gasteiger charge is -2.07. The molecule has 30 heavy (non-hydrogen) atoms. The summed E-state index contributed by atoms with van der Waals surface area (Å²) in [5.74, 6) is 0.676. The zero-order chi connectivity index (χ0) is 21.1. The zero-order valence-electron chi connectivity index (χ0n) is 15.5. The highest BCUT2D eigenvalue weighted by Gasteiger charge is 2.16. The molecule has 12 heteroatoms. The molecule has 0 radical (unpaired) electrons. The third kappa shape index (κ3) is 3.81. The Kier molecular flexibility index (Phi) is 5.08. The predicted octanol–water partition coefficient (Wildman–Crippen LogP) is 2.24. The van der Waals surface area contributed by atoms with E-state index in [1.54, 1.807) is 19.2 Å². The summed E-state index contributed by atoms with van der Waals surface area (Å²) in [7, 11) is 1.68. The first kappa shape index (κ1) is 19.1. The van der Waals surface area contributed by atoms with Gasteiger partial charge in [0, 0.05) is 24.9 Å². The average molecular weight is 409 g/mol. The maximum Gasteiger partial charge on any atom is 0.265 e. The fraction of sp³-hybridized carbons (Fsp3) is 0.167. The molecule has 0 saturated carbocycles. The third-order valence-corrected chi connectivity index (χ3v) is 4.15. The molecule has 0 aromatic carbocycles. The summed E-state index contributed by atoms with van der Waals surface area (Å²) in [6.07, 6.45) is 1.47. The molecular weight excluding hydrogens is 396 g/mol. The minimum absolute atomic E-state index is 0.0610. The van der Waals surface area contributed by atoms with Crippen molar-refractivity contribution in [1.29, 1.82) is 5.26 Å². The Balaban J connectivity index is 1.49. The highest BCUT2D eigenvalue weighted by atomic mass is 19.3. The summed E-state index contributed by atoms with van der Waals surface area (Å²) in [5.41, 5.74) is 1.64. The van der Waals surface area contributed by atoms with Crippen LogP contribution >= 0.6 is 0 Å². The van der Waals surface area contributed by atoms with Crippen LogP contribution in [-0.2, 0) is 13.7 Å². The second-order valence-corrected chi connectivity index (χ2v) is 6.09. The van der Waals surface area contributed by atoms with Crippen molar-refractivity contribution in [2.45, 2.75) is 13.0 Å². The van der Waals surface area contributed by atoms with Crippen molar-refractivity contribution in [2.24, 2.45) is 7.05 Å². The summed E-state index contributed by atoms with van der Waals surface area (Å²) in [5, 5.41) is 28.9. The molecule has 4 aromatic rings. The number of pyridine rings is 1. The van der Waals surface area contributed by atoms with Gasteiger partial charge in [0.2, 0.25) is 5.88 Å². The summed E-state index contributed by atoms with van der Waals surface area (Å²) >= 11 is 0. The van der Waals surface area contributed by atoms with Crippen molar-refractivity contribution in [3.8, 4) is 29.2 Å². The molecule has 0 N–H and O–H groups in total. The number of aryl methyl sites for hydroxylation is 1. The third-order valence-electron chi connectivity index (χ3n) is 4.15. The molecule has 150 valence electrons. The second kappa shape index (κ2) is 8.00. The number of nitrogens with zero attached hydrogens (tertiary/aromatic N) is 9. The number of halogens is 2. The molecular formula is C18H13F2N9O. The fourth-order valence-corrected chi connectivity index (χ4v) is 2.57. The van der Waals surface area contributed by atoms with Crippen molar-refractivity contribution in [3.63, 3.8) is 0 Å². The second-order valence-electron chi connectivity index (χ2n) is 6.09. The van der Waals surface area contributed by atoms with E-state index >= 15 is 0 Å². The van der Waals surface area contributed by atoms with Gasteiger partial charge in [-0.3, -0.25) is 4.98 Å². The standard InChI is InChI=1S/C18H13F2N9O/c1-28-14(17(26-27-28)13-3-2-12(8-22-13)18(19)20)10-30-16-5-4-15(24-25-16)29-9-11(6-21)7-23-29/h2-5,7-9,18H,10H2,1H3. The first-order chi connectivity index (χ1) is 14.5. The topological polar surface area (TPSA) is 120 Å². The normalized spacial score (nSPS) is 10.9. The van der Waals surface area contributed by atoms with Gasteiger partial charge in [-0.1, -0.05) is 5.21 Å². The number of hydrogen-bond acceptors (Lipinski definition) is 8. The largest absolute Gasteiger partial charge is 0.470 e. The lowest BCUT2D eigenvalue weighted by Crippen LogP contribution is -2.07. The van der Waals surface area contributed by atoms with Gasteiger partial charge in [0.15, 0.2) is 5.82 Å². The molecule has 10 nitrogen and oxygen atoms in total. The first-order valence-corrected chi connectivity index (χ1v) is 8.60. The molecule has 0 fully saturated rings. The summed E-state index contributed by atoms with van der Waals surface area (Å²) in [6, 6.07) is 7.99. The van der Waals surface area contributed by atoms with Crippen LogP contribution in [0.2, 0.25) is 0 Å². The van der Waals surface area contributed by atoms with E-state index in [4.69, 9.17) is 10.00 Å². The number of nitriles is 1. The Labute approximate surface area is 168 Å². The van der Waals surface area contributed by atoms with E-state index in [1.165, 1.54) is 33.9 Å². The van der Waals surface area contributed by atoms with Gasteiger partial charge in [-0.15, -0.1) is 15.3 Å². The van der Waals surface area contributed by atoms with Gasteiger partial charge >= 0.3 is 0 Å². The van der Waals surface area contributed by atoms with Crippen molar-refractivity contribution in [2.75, 3.05) is 0 Å². The van der Waals surface area contributed by atoms with Crippen LogP contribution in [0.15, 0.2) is 42.9 Å². The Hall–Kier alpha value is -4.27. The van der Waals surface area contributed by atoms with E-state index < -0.39 is 6.43 Å². The Morgan fingerprint density at radius 3 is 2.63 bits per heavy atom. The minimum Gasteiger partial charge on any atom is -0.470 e. The number of ether oxygens (including phenoxy) is 1. The van der Waals surface area contributed by atoms with Gasteiger partial charge in [-0.05, 0) is 18.2 Å². The number of rotatable bonds is 6. The van der Waals surface area contributed by atoms with Crippen LogP contribution in [-0.4, -0.2) is 40.0 Å². The molecule has 4 heterocycles. The summed E-state index contributed by atoms with van der Waals surface area (Å²) in [4.78, 5) is 4.04. The zero-order valence-corrected chi connectivity index (χ0v) is 15.5. The molecule has 0 amide bonds. The molecule has 0 aliphatic rings. The molecule has 0 unspecified atom stereocenters. The molecule has 4 aromatic heterocycles. The number of aromatic nitrogens is 8. The minimum atomic E-state index is -2.59. The van der Waals surface area contributed by atoms with E-state index in [2.05, 4.69) is 30.6 Å². The van der Waals surface area contributed by atoms with Crippen molar-refractivity contribution >= 4 is 0 Å². The Bertz CT molecular complexity index is 1190. The van der Waals surface area contributed by atoms with Crippen LogP contribution in [0.3, 0.4) is 0 Å². The lowest BCUT2D eigenvalue weighted by molar-refractivity contribution is 0.151. The quantitative estimate of drug-likeness (QED) is 0.475. The van der Waals surface area contributed by atoms with Crippen LogP contribution < -0.4 is 4.74 Å². The van der Waals surface area contributed by atoms with Gasteiger partial charge in [-0.2, -0.15) is 10.4 Å². The van der Waals surface area contributed by atoms with Crippen molar-refractivity contribution < 1.29 is 13.5 Å². The van der Waals surface area contributed by atoms with Gasteiger partial charge in [0.05, 0.1) is 23.7 Å². The summed E-state index contributed by atoms with van der Waals surface area (Å²) < 4.78 is 34.0. The smallest absolute Gasteiger partial charge is 0.265 e. The van der Waals surface area contributed by atoms with E-state index in [1.807, 2.05) is 6.07 Å². The van der Waals surface area contributed by atoms with E-state index in [-0.39, 0.29) is 18.1 Å². The Morgan fingerprint density at radius 1 is 1.13 bits per heavy atom. The van der Waals surface area contributed by atoms with E-state index in [0.717, 1.165) is 6.20 Å². The average Bonchev–Trinajstić information content (AvgIpc) is 3.39. The maximum atomic E-state index is 12.7. The fourth-order valence-electron chi connectivity index (χ4n) is 2.57. The van der Waals surface area contributed by atoms with Crippen LogP contribution in [0.4, 0.5) is 8.78 Å². The number of hydrogen-bond donors (Lipinski definition) is 0. The first-order valence-electron chi connectivity index (χ1n) is 8.60. The van der Waals surface area contributed by atoms with Gasteiger partial charge in [0.1, 0.15) is 24.1 Å².